The van der Waals surface area contributed by atoms with Crippen LogP contribution in [-0.2, 0) is 18.0 Å². The van der Waals surface area contributed by atoms with Gasteiger partial charge in [-0.15, -0.1) is 0 Å². The second kappa shape index (κ2) is 3.82. The Kier molecular flexibility index (Phi) is 2.97. The molecule has 0 atom stereocenters. The molecule has 0 spiro atoms. The molecule has 1 aliphatic carbocycles. The average molecular weight is 213 g/mol. The maximum atomic E-state index is 3.69. The minimum atomic E-state index is 0.787. The van der Waals surface area contributed by atoms with Crippen LogP contribution in [0.3, 0.4) is 0 Å². The van der Waals surface area contributed by atoms with Gasteiger partial charge in [0.2, 0.25) is 0 Å². The van der Waals surface area contributed by atoms with Crippen molar-refractivity contribution in [2.75, 3.05) is 0 Å². The number of rotatable bonds is 3. The third-order valence-corrected chi connectivity index (χ3v) is 3.05. The Bertz CT molecular complexity index is 154. The van der Waals surface area contributed by atoms with E-state index < -0.39 is 0 Å². The van der Waals surface area contributed by atoms with Crippen LogP contribution in [0, 0.1) is 0 Å². The first-order valence-electron chi connectivity index (χ1n) is 2.92. The molecule has 0 radical (unpaired) electrons. The zero-order valence-electron chi connectivity index (χ0n) is 5.25. The van der Waals surface area contributed by atoms with Crippen molar-refractivity contribution in [2.45, 2.75) is 11.3 Å². The van der Waals surface area contributed by atoms with E-state index in [0.29, 0.717) is 0 Å². The van der Waals surface area contributed by atoms with Gasteiger partial charge in [-0.3, -0.25) is 0 Å². The van der Waals surface area contributed by atoms with Gasteiger partial charge in [-0.25, -0.2) is 0 Å². The van der Waals surface area contributed by atoms with Crippen LogP contribution in [0.5, 0.6) is 0 Å². The molecule has 0 aliphatic heterocycles. The van der Waals surface area contributed by atoms with Gasteiger partial charge in [0.1, 0.15) is 0 Å². The van der Waals surface area contributed by atoms with Crippen LogP contribution in [0.25, 0.3) is 0 Å². The van der Waals surface area contributed by atoms with E-state index in [1.807, 2.05) is 6.08 Å². The summed E-state index contributed by atoms with van der Waals surface area (Å²) in [6.07, 6.45) is 9.74. The molecular weight excluding hydrogens is 203 g/mol. The first kappa shape index (κ1) is 6.99. The molecule has 0 aromatic heterocycles. The van der Waals surface area contributed by atoms with E-state index in [-0.39, 0.29) is 0 Å². The summed E-state index contributed by atoms with van der Waals surface area (Å²) >= 11 is 0.787. The van der Waals surface area contributed by atoms with Gasteiger partial charge in [0.05, 0.1) is 0 Å². The van der Waals surface area contributed by atoms with E-state index in [2.05, 4.69) is 24.8 Å². The molecule has 0 aromatic carbocycles. The van der Waals surface area contributed by atoms with Gasteiger partial charge >= 0.3 is 64.2 Å². The molecule has 0 nitrogen and oxygen atoms in total. The Morgan fingerprint density at radius 2 is 2.67 bits per heavy atom. The summed E-state index contributed by atoms with van der Waals surface area (Å²) in [5.74, 6) is 0. The number of allylic oxidation sites excluding steroid dienone is 5. The van der Waals surface area contributed by atoms with Crippen molar-refractivity contribution in [1.29, 1.82) is 0 Å². The molecule has 1 aliphatic rings. The normalized spacial score (nSPS) is 16.2. The van der Waals surface area contributed by atoms with Gasteiger partial charge in [-0.05, 0) is 0 Å². The summed E-state index contributed by atoms with van der Waals surface area (Å²) in [6.45, 7) is 3.69. The molecule has 1 rings (SSSR count). The molecule has 0 aromatic rings. The van der Waals surface area contributed by atoms with Gasteiger partial charge < -0.3 is 0 Å². The molecule has 0 N–H and O–H groups in total. The predicted molar refractivity (Wildman–Crippen MR) is 36.8 cm³/mol. The van der Waals surface area contributed by atoms with Crippen LogP contribution in [0.1, 0.15) is 6.42 Å². The molecule has 0 heterocycles. The fraction of sp³-hybridized carbons (Fsp3) is 0.250. The van der Waals surface area contributed by atoms with Crippen LogP contribution in [0.2, 0.25) is 4.89 Å². The molecule has 0 amide bonds. The van der Waals surface area contributed by atoms with Crippen molar-refractivity contribution in [3.05, 3.63) is 34.9 Å². The van der Waals surface area contributed by atoms with Crippen molar-refractivity contribution in [2.24, 2.45) is 0 Å². The number of hydrogen-bond donors (Lipinski definition) is 0. The quantitative estimate of drug-likeness (QED) is 0.498. The van der Waals surface area contributed by atoms with Crippen molar-refractivity contribution in [3.8, 4) is 0 Å². The van der Waals surface area contributed by atoms with Gasteiger partial charge in [-0.1, -0.05) is 0 Å². The summed E-state index contributed by atoms with van der Waals surface area (Å²) < 4.78 is 1.59. The van der Waals surface area contributed by atoms with Crippen molar-refractivity contribution >= 4 is 0 Å². The van der Waals surface area contributed by atoms with E-state index in [0.717, 1.165) is 18.0 Å². The minimum absolute atomic E-state index is 0.787. The fourth-order valence-electron chi connectivity index (χ4n) is 0.619. The Hall–Kier alpha value is -0.118. The van der Waals surface area contributed by atoms with Gasteiger partial charge in [-0.2, -0.15) is 0 Å². The third-order valence-electron chi connectivity index (χ3n) is 1.00. The molecule has 52 valence electrons. The van der Waals surface area contributed by atoms with E-state index in [1.54, 1.807) is 4.05 Å². The average Bonchev–Trinajstić information content (AvgIpc) is 2.34. The first-order chi connectivity index (χ1) is 4.43. The van der Waals surface area contributed by atoms with Gasteiger partial charge in [0.15, 0.2) is 0 Å². The molecule has 1 heteroatoms. The van der Waals surface area contributed by atoms with Crippen LogP contribution in [-0.4, -0.2) is 0 Å². The topological polar surface area (TPSA) is 0 Å². The summed E-state index contributed by atoms with van der Waals surface area (Å²) in [5.41, 5.74) is 0. The van der Waals surface area contributed by atoms with E-state index in [9.17, 15) is 0 Å². The zero-order chi connectivity index (χ0) is 6.53. The molecule has 0 fully saturated rings. The van der Waals surface area contributed by atoms with E-state index in [4.69, 9.17) is 0 Å². The Morgan fingerprint density at radius 1 is 1.78 bits per heavy atom. The van der Waals surface area contributed by atoms with Gasteiger partial charge in [0.25, 0.3) is 0 Å². The first-order valence-corrected chi connectivity index (χ1v) is 4.79. The van der Waals surface area contributed by atoms with Crippen LogP contribution < -0.4 is 0 Å². The maximum absolute atomic E-state index is 3.69. The van der Waals surface area contributed by atoms with Crippen LogP contribution >= 0.6 is 0 Å². The molecular formula is C8H10Pd. The van der Waals surface area contributed by atoms with E-state index >= 15 is 0 Å². The van der Waals surface area contributed by atoms with Crippen molar-refractivity contribution < 1.29 is 18.0 Å². The second-order valence-corrected chi connectivity index (χ2v) is 3.92. The van der Waals surface area contributed by atoms with E-state index in [1.165, 1.54) is 11.3 Å². The summed E-state index contributed by atoms with van der Waals surface area (Å²) in [4.78, 5) is 1.17. The van der Waals surface area contributed by atoms with Crippen molar-refractivity contribution in [1.82, 2.24) is 0 Å². The zero-order valence-corrected chi connectivity index (χ0v) is 6.80. The number of hydrogen-bond acceptors (Lipinski definition) is 0. The fourth-order valence-corrected chi connectivity index (χ4v) is 1.99. The van der Waals surface area contributed by atoms with Crippen LogP contribution in [0.4, 0.5) is 0 Å². The van der Waals surface area contributed by atoms with Gasteiger partial charge in [0, 0.05) is 0 Å². The summed E-state index contributed by atoms with van der Waals surface area (Å²) in [6, 6.07) is 0. The Labute approximate surface area is 64.5 Å². The molecule has 0 saturated carbocycles. The molecule has 0 bridgehead atoms. The third kappa shape index (κ3) is 2.30. The molecule has 9 heavy (non-hydrogen) atoms. The second-order valence-electron chi connectivity index (χ2n) is 1.74. The predicted octanol–water partition coefficient (Wildman–Crippen LogP) is 2.52. The summed E-state index contributed by atoms with van der Waals surface area (Å²) in [5, 5.41) is 0. The Balaban J connectivity index is 2.21. The monoisotopic (exact) mass is 212 g/mol. The van der Waals surface area contributed by atoms with Crippen LogP contribution in [0.15, 0.2) is 34.9 Å². The summed E-state index contributed by atoms with van der Waals surface area (Å²) in [7, 11) is 0. The molecule has 0 unspecified atom stereocenters. The standard InChI is InChI=1S/C5H5.C3H5.Pd/c1-2-4-5-3-1;1-3-2;/h1-3H,4H2;3H,1-2H2;. The van der Waals surface area contributed by atoms with Crippen molar-refractivity contribution in [3.63, 3.8) is 0 Å². The Morgan fingerprint density at radius 3 is 3.22 bits per heavy atom. The SMILES string of the molecule is C=C[CH2][Pd][C]1=CC=CC1. The molecule has 0 saturated heterocycles.